The predicted octanol–water partition coefficient (Wildman–Crippen LogP) is 1.51. The van der Waals surface area contributed by atoms with Gasteiger partial charge in [0.25, 0.3) is 0 Å². The highest BCUT2D eigenvalue weighted by molar-refractivity contribution is 5.47. The molecule has 1 aliphatic carbocycles. The molecular weight excluding hydrogens is 372 g/mol. The van der Waals surface area contributed by atoms with Gasteiger partial charge >= 0.3 is 0 Å². The molecular formula is C23H28O6. The summed E-state index contributed by atoms with van der Waals surface area (Å²) in [7, 11) is 0. The number of phenols is 1. The third kappa shape index (κ3) is 3.79. The Hall–Kier alpha value is -1.96. The van der Waals surface area contributed by atoms with E-state index in [-0.39, 0.29) is 12.2 Å². The fourth-order valence-electron chi connectivity index (χ4n) is 4.35. The molecule has 0 amide bonds. The highest BCUT2D eigenvalue weighted by Gasteiger charge is 2.46. The number of aliphatic hydroxyl groups is 4. The standard InChI is InChI=1S/C23H28O6/c1-2-14-10-19(25)18(22-21(27)20(26)11-23(28,12-24)29-22)9-17(14)8-13-3-4-15-5-6-16(15)7-13/h3-4,7,9-10,20-22,24-28H,2,5-6,8,11-12H2,1H3. The molecule has 2 aliphatic rings. The lowest BCUT2D eigenvalue weighted by atomic mass is 9.85. The molecule has 0 spiro atoms. The zero-order chi connectivity index (χ0) is 20.8. The van der Waals surface area contributed by atoms with Crippen LogP contribution in [-0.2, 0) is 30.4 Å². The van der Waals surface area contributed by atoms with Gasteiger partial charge in [-0.1, -0.05) is 25.1 Å². The van der Waals surface area contributed by atoms with E-state index in [1.54, 1.807) is 12.1 Å². The van der Waals surface area contributed by atoms with E-state index in [1.165, 1.54) is 16.7 Å². The molecule has 4 unspecified atom stereocenters. The van der Waals surface area contributed by atoms with Gasteiger partial charge in [0.1, 0.15) is 18.0 Å². The van der Waals surface area contributed by atoms with Crippen LogP contribution in [0.2, 0.25) is 0 Å². The lowest BCUT2D eigenvalue weighted by Gasteiger charge is -2.42. The second-order valence-electron chi connectivity index (χ2n) is 8.22. The maximum absolute atomic E-state index is 10.6. The van der Waals surface area contributed by atoms with E-state index in [4.69, 9.17) is 4.74 Å². The molecule has 5 N–H and O–H groups in total. The number of hydrogen-bond donors (Lipinski definition) is 5. The van der Waals surface area contributed by atoms with Gasteiger partial charge in [-0.3, -0.25) is 0 Å². The van der Waals surface area contributed by atoms with Crippen LogP contribution in [0.3, 0.4) is 0 Å². The number of fused-ring (bicyclic) bond motifs is 1. The van der Waals surface area contributed by atoms with E-state index in [1.807, 2.05) is 6.92 Å². The maximum Gasteiger partial charge on any atom is 0.192 e. The van der Waals surface area contributed by atoms with Crippen LogP contribution in [0, 0.1) is 0 Å². The average Bonchev–Trinajstić information content (AvgIpc) is 2.68. The normalized spacial score (nSPS) is 28.7. The Morgan fingerprint density at radius 3 is 2.45 bits per heavy atom. The smallest absolute Gasteiger partial charge is 0.192 e. The van der Waals surface area contributed by atoms with Gasteiger partial charge in [0.2, 0.25) is 0 Å². The number of aliphatic hydroxyl groups excluding tert-OH is 3. The fourth-order valence-corrected chi connectivity index (χ4v) is 4.35. The number of ether oxygens (including phenoxy) is 1. The zero-order valence-electron chi connectivity index (χ0n) is 16.5. The first kappa shape index (κ1) is 20.3. The number of phenolic OH excluding ortho intramolecular Hbond substituents is 1. The molecule has 4 atom stereocenters. The number of hydrogen-bond acceptors (Lipinski definition) is 6. The molecule has 1 heterocycles. The van der Waals surface area contributed by atoms with Crippen molar-refractivity contribution in [1.82, 2.24) is 0 Å². The summed E-state index contributed by atoms with van der Waals surface area (Å²) >= 11 is 0. The third-order valence-electron chi connectivity index (χ3n) is 6.19. The topological polar surface area (TPSA) is 110 Å². The molecule has 2 aromatic rings. The molecule has 0 saturated carbocycles. The summed E-state index contributed by atoms with van der Waals surface area (Å²) in [5, 5.41) is 51.0. The molecule has 4 rings (SSSR count). The maximum atomic E-state index is 10.6. The summed E-state index contributed by atoms with van der Waals surface area (Å²) in [5.41, 5.74) is 6.21. The van der Waals surface area contributed by atoms with E-state index in [2.05, 4.69) is 18.2 Å². The van der Waals surface area contributed by atoms with Crippen LogP contribution < -0.4 is 0 Å². The van der Waals surface area contributed by atoms with E-state index in [0.717, 1.165) is 30.4 Å². The van der Waals surface area contributed by atoms with Gasteiger partial charge in [0.05, 0.1) is 12.7 Å². The van der Waals surface area contributed by atoms with Gasteiger partial charge in [-0.05, 0) is 65.6 Å². The molecule has 0 radical (unpaired) electrons. The summed E-state index contributed by atoms with van der Waals surface area (Å²) in [6.45, 7) is 1.29. The molecule has 1 fully saturated rings. The molecule has 6 heteroatoms. The monoisotopic (exact) mass is 400 g/mol. The highest BCUT2D eigenvalue weighted by atomic mass is 16.7. The van der Waals surface area contributed by atoms with Gasteiger partial charge in [0, 0.05) is 12.0 Å². The van der Waals surface area contributed by atoms with Crippen LogP contribution in [-0.4, -0.2) is 50.1 Å². The Morgan fingerprint density at radius 1 is 1.07 bits per heavy atom. The minimum Gasteiger partial charge on any atom is -0.508 e. The van der Waals surface area contributed by atoms with E-state index < -0.39 is 30.7 Å². The van der Waals surface area contributed by atoms with Gasteiger partial charge < -0.3 is 30.3 Å². The van der Waals surface area contributed by atoms with Gasteiger partial charge in [-0.15, -0.1) is 0 Å². The Balaban J connectivity index is 1.70. The number of aromatic hydroxyl groups is 1. The number of rotatable bonds is 5. The van der Waals surface area contributed by atoms with Crippen molar-refractivity contribution in [2.24, 2.45) is 0 Å². The van der Waals surface area contributed by atoms with Crippen LogP contribution in [0.15, 0.2) is 30.3 Å². The third-order valence-corrected chi connectivity index (χ3v) is 6.19. The Morgan fingerprint density at radius 2 is 1.83 bits per heavy atom. The average molecular weight is 400 g/mol. The van der Waals surface area contributed by atoms with Crippen molar-refractivity contribution in [3.63, 3.8) is 0 Å². The molecule has 156 valence electrons. The summed E-state index contributed by atoms with van der Waals surface area (Å²) in [4.78, 5) is 0. The lowest BCUT2D eigenvalue weighted by Crippen LogP contribution is -2.52. The van der Waals surface area contributed by atoms with Crippen molar-refractivity contribution in [3.05, 3.63) is 63.7 Å². The quantitative estimate of drug-likeness (QED) is 0.520. The summed E-state index contributed by atoms with van der Waals surface area (Å²) in [5.74, 6) is -2.04. The highest BCUT2D eigenvalue weighted by Crippen LogP contribution is 2.41. The first-order valence-corrected chi connectivity index (χ1v) is 10.2. The van der Waals surface area contributed by atoms with Crippen molar-refractivity contribution in [3.8, 4) is 5.75 Å². The largest absolute Gasteiger partial charge is 0.508 e. The Kier molecular flexibility index (Phi) is 5.40. The first-order valence-electron chi connectivity index (χ1n) is 10.2. The molecule has 6 nitrogen and oxygen atoms in total. The van der Waals surface area contributed by atoms with Crippen LogP contribution >= 0.6 is 0 Å². The molecule has 0 aromatic heterocycles. The SMILES string of the molecule is CCc1cc(O)c(C2OC(O)(CO)CC(O)C2O)cc1Cc1ccc2c(c1)CC2. The van der Waals surface area contributed by atoms with E-state index >= 15 is 0 Å². The lowest BCUT2D eigenvalue weighted by molar-refractivity contribution is -0.314. The Bertz CT molecular complexity index is 910. The van der Waals surface area contributed by atoms with Gasteiger partial charge in [0.15, 0.2) is 5.79 Å². The van der Waals surface area contributed by atoms with Crippen LogP contribution in [0.4, 0.5) is 0 Å². The van der Waals surface area contributed by atoms with Gasteiger partial charge in [-0.2, -0.15) is 0 Å². The summed E-state index contributed by atoms with van der Waals surface area (Å²) in [6, 6.07) is 9.92. The van der Waals surface area contributed by atoms with Crippen molar-refractivity contribution in [2.45, 2.75) is 63.1 Å². The van der Waals surface area contributed by atoms with E-state index in [0.29, 0.717) is 12.0 Å². The minimum atomic E-state index is -1.97. The van der Waals surface area contributed by atoms with Crippen molar-refractivity contribution in [2.75, 3.05) is 6.61 Å². The molecule has 1 aliphatic heterocycles. The van der Waals surface area contributed by atoms with Crippen LogP contribution in [0.25, 0.3) is 0 Å². The molecule has 0 bridgehead atoms. The second kappa shape index (κ2) is 7.70. The van der Waals surface area contributed by atoms with E-state index in [9.17, 15) is 25.5 Å². The number of aryl methyl sites for hydroxylation is 3. The fraction of sp³-hybridized carbons (Fsp3) is 0.478. The van der Waals surface area contributed by atoms with Crippen LogP contribution in [0.5, 0.6) is 5.75 Å². The van der Waals surface area contributed by atoms with Gasteiger partial charge in [-0.25, -0.2) is 0 Å². The number of benzene rings is 2. The second-order valence-corrected chi connectivity index (χ2v) is 8.22. The molecule has 29 heavy (non-hydrogen) atoms. The molecule has 2 aromatic carbocycles. The van der Waals surface area contributed by atoms with Crippen molar-refractivity contribution < 1.29 is 30.3 Å². The summed E-state index contributed by atoms with van der Waals surface area (Å²) in [6.07, 6.45) is -0.451. The van der Waals surface area contributed by atoms with Crippen LogP contribution in [0.1, 0.15) is 52.8 Å². The first-order chi connectivity index (χ1) is 13.8. The van der Waals surface area contributed by atoms with Crippen molar-refractivity contribution >= 4 is 0 Å². The minimum absolute atomic E-state index is 0.0683. The summed E-state index contributed by atoms with van der Waals surface area (Å²) < 4.78 is 5.53. The predicted molar refractivity (Wildman–Crippen MR) is 107 cm³/mol. The zero-order valence-corrected chi connectivity index (χ0v) is 16.5. The Labute approximate surface area is 170 Å². The molecule has 1 saturated heterocycles. The van der Waals surface area contributed by atoms with Crippen molar-refractivity contribution in [1.29, 1.82) is 0 Å².